The fourth-order valence-corrected chi connectivity index (χ4v) is 2.89. The van der Waals surface area contributed by atoms with Crippen molar-refractivity contribution in [1.29, 1.82) is 0 Å². The van der Waals surface area contributed by atoms with Crippen molar-refractivity contribution in [3.8, 4) is 17.2 Å². The summed E-state index contributed by atoms with van der Waals surface area (Å²) in [5, 5.41) is 10.0. The summed E-state index contributed by atoms with van der Waals surface area (Å²) >= 11 is 0. The summed E-state index contributed by atoms with van der Waals surface area (Å²) in [5.74, 6) is 0.396. The van der Waals surface area contributed by atoms with Crippen LogP contribution >= 0.6 is 0 Å². The summed E-state index contributed by atoms with van der Waals surface area (Å²) in [6, 6.07) is 15.7. The van der Waals surface area contributed by atoms with Gasteiger partial charge in [0.25, 0.3) is 0 Å². The minimum Gasteiger partial charge on any atom is -0.508 e. The van der Waals surface area contributed by atoms with Crippen LogP contribution in [0.15, 0.2) is 73.3 Å². The van der Waals surface area contributed by atoms with E-state index in [-0.39, 0.29) is 17.9 Å². The van der Waals surface area contributed by atoms with Crippen LogP contribution < -0.4 is 9.47 Å². The fraction of sp³-hybridized carbons (Fsp3) is 0.167. The highest BCUT2D eigenvalue weighted by molar-refractivity contribution is 6.16. The van der Waals surface area contributed by atoms with E-state index in [1.54, 1.807) is 24.5 Å². The first-order chi connectivity index (χ1) is 15.1. The number of rotatable bonds is 9. The minimum atomic E-state index is -0.515. The lowest BCUT2D eigenvalue weighted by Gasteiger charge is -2.14. The number of methoxy groups -OCH3 is 2. The number of pyridine rings is 1. The van der Waals surface area contributed by atoms with Crippen molar-refractivity contribution in [2.24, 2.45) is 0 Å². The summed E-state index contributed by atoms with van der Waals surface area (Å²) in [6.07, 6.45) is 4.71. The van der Waals surface area contributed by atoms with Gasteiger partial charge in [0.15, 0.2) is 0 Å². The molecule has 0 aliphatic rings. The molecule has 1 heterocycles. The van der Waals surface area contributed by atoms with Gasteiger partial charge in [-0.3, -0.25) is 4.98 Å². The molecule has 3 aromatic rings. The molecule has 0 bridgehead atoms. The van der Waals surface area contributed by atoms with Crippen LogP contribution in [0.4, 0.5) is 0 Å². The zero-order valence-corrected chi connectivity index (χ0v) is 17.3. The van der Waals surface area contributed by atoms with Crippen LogP contribution in [0.3, 0.4) is 0 Å². The van der Waals surface area contributed by atoms with Crippen LogP contribution in [-0.2, 0) is 27.5 Å². The summed E-state index contributed by atoms with van der Waals surface area (Å²) in [4.78, 5) is 16.1. The predicted molar refractivity (Wildman–Crippen MR) is 114 cm³/mol. The Morgan fingerprint density at radius 1 is 0.968 bits per heavy atom. The van der Waals surface area contributed by atoms with Gasteiger partial charge >= 0.3 is 5.97 Å². The second kappa shape index (κ2) is 10.7. The number of nitrogens with zero attached hydrogens (tertiary/aromatic N) is 1. The number of hydrogen-bond donors (Lipinski definition) is 1. The Bertz CT molecular complexity index is 1050. The van der Waals surface area contributed by atoms with Crippen LogP contribution in [0, 0.1) is 0 Å². The summed E-state index contributed by atoms with van der Waals surface area (Å²) in [7, 11) is 2.77. The number of benzene rings is 2. The average Bonchev–Trinajstić information content (AvgIpc) is 2.80. The number of hydrogen-bond acceptors (Lipinski definition) is 7. The van der Waals surface area contributed by atoms with E-state index in [0.29, 0.717) is 23.7 Å². The SMILES string of the molecule is CO/C=C(/C(=O)OC)c1ccccc1COc1cc(O)cc(OCc2ccncc2)c1. The van der Waals surface area contributed by atoms with E-state index in [1.165, 1.54) is 32.6 Å². The second-order valence-electron chi connectivity index (χ2n) is 6.51. The lowest BCUT2D eigenvalue weighted by atomic mass is 10.0. The Morgan fingerprint density at radius 2 is 1.65 bits per heavy atom. The van der Waals surface area contributed by atoms with E-state index in [2.05, 4.69) is 4.98 Å². The molecule has 3 rings (SSSR count). The predicted octanol–water partition coefficient (Wildman–Crippen LogP) is 4.11. The lowest BCUT2D eigenvalue weighted by molar-refractivity contribution is -0.133. The third-order valence-electron chi connectivity index (χ3n) is 4.36. The molecule has 0 saturated carbocycles. The molecule has 0 spiro atoms. The molecule has 0 radical (unpaired) electrons. The van der Waals surface area contributed by atoms with E-state index >= 15 is 0 Å². The zero-order valence-electron chi connectivity index (χ0n) is 17.3. The van der Waals surface area contributed by atoms with Crippen LogP contribution in [0.5, 0.6) is 17.2 Å². The van der Waals surface area contributed by atoms with Gasteiger partial charge in [-0.15, -0.1) is 0 Å². The second-order valence-corrected chi connectivity index (χ2v) is 6.51. The molecule has 160 valence electrons. The molecule has 1 aromatic heterocycles. The normalized spacial score (nSPS) is 11.0. The number of aromatic hydroxyl groups is 1. The molecular formula is C24H23NO6. The average molecular weight is 421 g/mol. The van der Waals surface area contributed by atoms with Crippen LogP contribution in [0.1, 0.15) is 16.7 Å². The number of aromatic nitrogens is 1. The first kappa shape index (κ1) is 21.7. The van der Waals surface area contributed by atoms with Crippen molar-refractivity contribution < 1.29 is 28.8 Å². The molecule has 0 saturated heterocycles. The smallest absolute Gasteiger partial charge is 0.341 e. The summed E-state index contributed by atoms with van der Waals surface area (Å²) < 4.78 is 21.5. The van der Waals surface area contributed by atoms with Crippen molar-refractivity contribution in [1.82, 2.24) is 4.98 Å². The number of phenols is 1. The van der Waals surface area contributed by atoms with Crippen molar-refractivity contribution in [3.05, 3.63) is 89.9 Å². The van der Waals surface area contributed by atoms with Crippen molar-refractivity contribution in [3.63, 3.8) is 0 Å². The van der Waals surface area contributed by atoms with Gasteiger partial charge < -0.3 is 24.1 Å². The largest absolute Gasteiger partial charge is 0.508 e. The topological polar surface area (TPSA) is 87.1 Å². The highest BCUT2D eigenvalue weighted by Gasteiger charge is 2.17. The minimum absolute atomic E-state index is 0.0186. The Labute approximate surface area is 180 Å². The molecule has 0 atom stereocenters. The number of carbonyl (C=O) groups is 1. The number of ether oxygens (including phenoxy) is 4. The third kappa shape index (κ3) is 5.99. The first-order valence-corrected chi connectivity index (χ1v) is 9.49. The van der Waals surface area contributed by atoms with Gasteiger partial charge in [0.1, 0.15) is 36.0 Å². The Morgan fingerprint density at radius 3 is 2.32 bits per heavy atom. The molecule has 2 aromatic carbocycles. The zero-order chi connectivity index (χ0) is 22.1. The monoisotopic (exact) mass is 421 g/mol. The van der Waals surface area contributed by atoms with E-state index in [9.17, 15) is 9.90 Å². The van der Waals surface area contributed by atoms with Crippen LogP contribution in [0.25, 0.3) is 5.57 Å². The van der Waals surface area contributed by atoms with Gasteiger partial charge in [0.2, 0.25) is 0 Å². The van der Waals surface area contributed by atoms with Crippen molar-refractivity contribution >= 4 is 11.5 Å². The van der Waals surface area contributed by atoms with Gasteiger partial charge in [-0.25, -0.2) is 4.79 Å². The quantitative estimate of drug-likeness (QED) is 0.316. The molecule has 31 heavy (non-hydrogen) atoms. The highest BCUT2D eigenvalue weighted by Crippen LogP contribution is 2.29. The molecule has 7 heteroatoms. The Hall–Kier alpha value is -4.00. The van der Waals surface area contributed by atoms with E-state index in [1.807, 2.05) is 30.3 Å². The van der Waals surface area contributed by atoms with E-state index < -0.39 is 5.97 Å². The molecular weight excluding hydrogens is 398 g/mol. The summed E-state index contributed by atoms with van der Waals surface area (Å²) in [5.41, 5.74) is 2.61. The van der Waals surface area contributed by atoms with Crippen LogP contribution in [0.2, 0.25) is 0 Å². The van der Waals surface area contributed by atoms with Crippen molar-refractivity contribution in [2.45, 2.75) is 13.2 Å². The van der Waals surface area contributed by atoms with E-state index in [0.717, 1.165) is 11.1 Å². The van der Waals surface area contributed by atoms with Gasteiger partial charge in [-0.1, -0.05) is 24.3 Å². The number of esters is 1. The molecule has 7 nitrogen and oxygen atoms in total. The maximum absolute atomic E-state index is 12.1. The molecule has 0 unspecified atom stereocenters. The van der Waals surface area contributed by atoms with Gasteiger partial charge in [-0.2, -0.15) is 0 Å². The Balaban J connectivity index is 1.75. The summed E-state index contributed by atoms with van der Waals surface area (Å²) in [6.45, 7) is 0.486. The fourth-order valence-electron chi connectivity index (χ4n) is 2.89. The van der Waals surface area contributed by atoms with Gasteiger partial charge in [0.05, 0.1) is 20.5 Å². The molecule has 0 aliphatic heterocycles. The molecule has 0 fully saturated rings. The highest BCUT2D eigenvalue weighted by atomic mass is 16.5. The third-order valence-corrected chi connectivity index (χ3v) is 4.36. The standard InChI is InChI=1S/C24H23NO6/c1-28-16-23(24(27)29-2)22-6-4-3-5-18(22)15-31-21-12-19(26)11-20(13-21)30-14-17-7-9-25-10-8-17/h3-13,16,26H,14-15H2,1-2H3/b23-16+. The Kier molecular flexibility index (Phi) is 7.48. The molecule has 1 N–H and O–H groups in total. The van der Waals surface area contributed by atoms with Gasteiger partial charge in [-0.05, 0) is 28.8 Å². The van der Waals surface area contributed by atoms with Crippen LogP contribution in [-0.4, -0.2) is 30.3 Å². The molecule has 0 amide bonds. The molecule has 0 aliphatic carbocycles. The lowest BCUT2D eigenvalue weighted by Crippen LogP contribution is -2.08. The van der Waals surface area contributed by atoms with Gasteiger partial charge in [0, 0.05) is 30.6 Å². The maximum Gasteiger partial charge on any atom is 0.341 e. The first-order valence-electron chi connectivity index (χ1n) is 9.49. The number of phenolic OH excluding ortho intramolecular Hbond substituents is 1. The maximum atomic E-state index is 12.1. The van der Waals surface area contributed by atoms with Crippen molar-refractivity contribution in [2.75, 3.05) is 14.2 Å². The number of carbonyl (C=O) groups excluding carboxylic acids is 1. The van der Waals surface area contributed by atoms with E-state index in [4.69, 9.17) is 18.9 Å².